The van der Waals surface area contributed by atoms with Crippen molar-refractivity contribution in [2.45, 2.75) is 32.2 Å². The largest absolute Gasteiger partial charge is 0.481 e. The molecule has 2 aromatic rings. The van der Waals surface area contributed by atoms with E-state index in [9.17, 15) is 18.0 Å². The Labute approximate surface area is 165 Å². The highest BCUT2D eigenvalue weighted by molar-refractivity contribution is 7.88. The second kappa shape index (κ2) is 9.48. The molecule has 0 aliphatic rings. The quantitative estimate of drug-likeness (QED) is 0.623. The van der Waals surface area contributed by atoms with Crippen LogP contribution in [-0.4, -0.2) is 33.3 Å². The number of carbonyl (C=O) groups is 2. The van der Waals surface area contributed by atoms with Crippen molar-refractivity contribution in [3.63, 3.8) is 0 Å². The van der Waals surface area contributed by atoms with E-state index in [1.54, 1.807) is 55.5 Å². The number of carbonyl (C=O) groups excluding carboxylic acids is 2. The standard InChI is InChI=1S/C20H24N2O5S/c1-14(23)16-8-10-19(11-9-16)27-15(2)20(24)22-12-17-6-4-5-7-18(17)13-28(25,26)21-3/h4-11,15,21H,12-13H2,1-3H3,(H,22,24). The van der Waals surface area contributed by atoms with Crippen molar-refractivity contribution >= 4 is 21.7 Å². The van der Waals surface area contributed by atoms with Gasteiger partial charge in [-0.05, 0) is 56.3 Å². The van der Waals surface area contributed by atoms with Crippen LogP contribution in [0.1, 0.15) is 35.3 Å². The molecule has 7 nitrogen and oxygen atoms in total. The molecule has 28 heavy (non-hydrogen) atoms. The Bertz CT molecular complexity index is 939. The number of ether oxygens (including phenoxy) is 1. The van der Waals surface area contributed by atoms with Crippen LogP contribution in [0.3, 0.4) is 0 Å². The average Bonchev–Trinajstić information content (AvgIpc) is 2.67. The molecule has 0 aliphatic heterocycles. The molecule has 1 atom stereocenters. The van der Waals surface area contributed by atoms with E-state index in [0.717, 1.165) is 0 Å². The van der Waals surface area contributed by atoms with Gasteiger partial charge in [0.05, 0.1) is 5.75 Å². The molecule has 1 unspecified atom stereocenters. The number of hydrogen-bond donors (Lipinski definition) is 2. The molecule has 0 aliphatic carbocycles. The van der Waals surface area contributed by atoms with Gasteiger partial charge in [0.15, 0.2) is 11.9 Å². The molecule has 1 amide bonds. The molecule has 150 valence electrons. The van der Waals surface area contributed by atoms with Gasteiger partial charge in [0.2, 0.25) is 10.0 Å². The van der Waals surface area contributed by atoms with Crippen LogP contribution in [0.25, 0.3) is 0 Å². The van der Waals surface area contributed by atoms with Gasteiger partial charge in [-0.15, -0.1) is 0 Å². The van der Waals surface area contributed by atoms with Crippen LogP contribution >= 0.6 is 0 Å². The third kappa shape index (κ3) is 6.17. The molecule has 2 N–H and O–H groups in total. The topological polar surface area (TPSA) is 102 Å². The fourth-order valence-electron chi connectivity index (χ4n) is 2.50. The van der Waals surface area contributed by atoms with Gasteiger partial charge in [0.25, 0.3) is 5.91 Å². The summed E-state index contributed by atoms with van der Waals surface area (Å²) >= 11 is 0. The highest BCUT2D eigenvalue weighted by Gasteiger charge is 2.16. The van der Waals surface area contributed by atoms with Crippen LogP contribution in [0.15, 0.2) is 48.5 Å². The predicted octanol–water partition coefficient (Wildman–Crippen LogP) is 2.02. The molecule has 8 heteroatoms. The van der Waals surface area contributed by atoms with Gasteiger partial charge >= 0.3 is 0 Å². The zero-order valence-corrected chi connectivity index (χ0v) is 16.9. The number of ketones is 1. The first-order chi connectivity index (χ1) is 13.2. The van der Waals surface area contributed by atoms with E-state index in [1.165, 1.54) is 14.0 Å². The fraction of sp³-hybridized carbons (Fsp3) is 0.300. The van der Waals surface area contributed by atoms with Gasteiger partial charge in [-0.25, -0.2) is 13.1 Å². The van der Waals surface area contributed by atoms with E-state index in [0.29, 0.717) is 22.4 Å². The molecule has 2 rings (SSSR count). The number of amides is 1. The van der Waals surface area contributed by atoms with Crippen LogP contribution in [0.2, 0.25) is 0 Å². The lowest BCUT2D eigenvalue weighted by atomic mass is 10.1. The summed E-state index contributed by atoms with van der Waals surface area (Å²) in [7, 11) is -2.05. The smallest absolute Gasteiger partial charge is 0.261 e. The molecule has 0 radical (unpaired) electrons. The van der Waals surface area contributed by atoms with E-state index in [4.69, 9.17) is 4.74 Å². The Morgan fingerprint density at radius 1 is 1.04 bits per heavy atom. The van der Waals surface area contributed by atoms with Gasteiger partial charge in [0, 0.05) is 12.1 Å². The molecule has 0 fully saturated rings. The monoisotopic (exact) mass is 404 g/mol. The molecule has 0 saturated carbocycles. The summed E-state index contributed by atoms with van der Waals surface area (Å²) in [5, 5.41) is 2.76. The molecule has 0 bridgehead atoms. The lowest BCUT2D eigenvalue weighted by Gasteiger charge is -2.16. The molecule has 0 aromatic heterocycles. The second-order valence-corrected chi connectivity index (χ2v) is 8.22. The fourth-order valence-corrected chi connectivity index (χ4v) is 3.33. The van der Waals surface area contributed by atoms with E-state index >= 15 is 0 Å². The van der Waals surface area contributed by atoms with Crippen molar-refractivity contribution < 1.29 is 22.7 Å². The molecule has 2 aromatic carbocycles. The Kier molecular flexibility index (Phi) is 7.31. The van der Waals surface area contributed by atoms with Crippen molar-refractivity contribution in [1.29, 1.82) is 0 Å². The average molecular weight is 404 g/mol. The Balaban J connectivity index is 1.97. The Morgan fingerprint density at radius 2 is 1.64 bits per heavy atom. The SMILES string of the molecule is CNS(=O)(=O)Cc1ccccc1CNC(=O)C(C)Oc1ccc(C(C)=O)cc1. The first kappa shape index (κ1) is 21.6. The van der Waals surface area contributed by atoms with E-state index < -0.39 is 16.1 Å². The molecular formula is C20H24N2O5S. The van der Waals surface area contributed by atoms with Crippen molar-refractivity contribution in [1.82, 2.24) is 10.0 Å². The number of nitrogens with one attached hydrogen (secondary N) is 2. The summed E-state index contributed by atoms with van der Waals surface area (Å²) in [5.74, 6) is -0.0595. The summed E-state index contributed by atoms with van der Waals surface area (Å²) in [6, 6.07) is 13.6. The number of sulfonamides is 1. The maximum absolute atomic E-state index is 12.3. The molecular weight excluding hydrogens is 380 g/mol. The lowest BCUT2D eigenvalue weighted by molar-refractivity contribution is -0.127. The first-order valence-electron chi connectivity index (χ1n) is 8.75. The van der Waals surface area contributed by atoms with Crippen molar-refractivity contribution in [3.05, 3.63) is 65.2 Å². The number of benzene rings is 2. The maximum atomic E-state index is 12.3. The third-order valence-corrected chi connectivity index (χ3v) is 5.48. The number of rotatable bonds is 9. The van der Waals surface area contributed by atoms with Crippen LogP contribution in [0, 0.1) is 0 Å². The molecule has 0 saturated heterocycles. The molecule has 0 heterocycles. The number of hydrogen-bond acceptors (Lipinski definition) is 5. The number of Topliss-reactive ketones (excluding diaryl/α,β-unsaturated/α-hetero) is 1. The van der Waals surface area contributed by atoms with Gasteiger partial charge in [-0.3, -0.25) is 9.59 Å². The lowest BCUT2D eigenvalue weighted by Crippen LogP contribution is -2.36. The summed E-state index contributed by atoms with van der Waals surface area (Å²) in [4.78, 5) is 23.6. The van der Waals surface area contributed by atoms with Crippen LogP contribution in [0.5, 0.6) is 5.75 Å². The highest BCUT2D eigenvalue weighted by Crippen LogP contribution is 2.15. The summed E-state index contributed by atoms with van der Waals surface area (Å²) in [6.45, 7) is 3.28. The van der Waals surface area contributed by atoms with Crippen molar-refractivity contribution in [2.75, 3.05) is 7.05 Å². The minimum absolute atomic E-state index is 0.0451. The zero-order valence-electron chi connectivity index (χ0n) is 16.1. The van der Waals surface area contributed by atoms with Crippen LogP contribution < -0.4 is 14.8 Å². The van der Waals surface area contributed by atoms with Gasteiger partial charge in [-0.2, -0.15) is 0 Å². The summed E-state index contributed by atoms with van der Waals surface area (Å²) in [5.41, 5.74) is 1.90. The Morgan fingerprint density at radius 3 is 2.21 bits per heavy atom. The zero-order chi connectivity index (χ0) is 20.7. The van der Waals surface area contributed by atoms with Crippen molar-refractivity contribution in [2.24, 2.45) is 0 Å². The van der Waals surface area contributed by atoms with Crippen LogP contribution in [-0.2, 0) is 27.1 Å². The normalized spacial score (nSPS) is 12.2. The first-order valence-corrected chi connectivity index (χ1v) is 10.4. The van der Waals surface area contributed by atoms with Gasteiger partial charge in [-0.1, -0.05) is 24.3 Å². The van der Waals surface area contributed by atoms with Gasteiger partial charge < -0.3 is 10.1 Å². The second-order valence-electron chi connectivity index (χ2n) is 6.29. The summed E-state index contributed by atoms with van der Waals surface area (Å²) in [6.07, 6.45) is -0.753. The van der Waals surface area contributed by atoms with Crippen molar-refractivity contribution in [3.8, 4) is 5.75 Å². The summed E-state index contributed by atoms with van der Waals surface area (Å²) < 4.78 is 31.5. The van der Waals surface area contributed by atoms with E-state index in [1.807, 2.05) is 0 Å². The minimum Gasteiger partial charge on any atom is -0.481 e. The third-order valence-electron chi connectivity index (χ3n) is 4.17. The maximum Gasteiger partial charge on any atom is 0.261 e. The van der Waals surface area contributed by atoms with E-state index in [2.05, 4.69) is 10.0 Å². The Hall–Kier alpha value is -2.71. The minimum atomic E-state index is -3.41. The van der Waals surface area contributed by atoms with E-state index in [-0.39, 0.29) is 24.0 Å². The molecule has 0 spiro atoms. The van der Waals surface area contributed by atoms with Gasteiger partial charge in [0.1, 0.15) is 5.75 Å². The van der Waals surface area contributed by atoms with Crippen LogP contribution in [0.4, 0.5) is 0 Å². The predicted molar refractivity (Wildman–Crippen MR) is 107 cm³/mol. The highest BCUT2D eigenvalue weighted by atomic mass is 32.2.